The van der Waals surface area contributed by atoms with Crippen LogP contribution in [-0.4, -0.2) is 33.5 Å². The fourth-order valence-corrected chi connectivity index (χ4v) is 5.07. The van der Waals surface area contributed by atoms with Gasteiger partial charge in [0.1, 0.15) is 18.1 Å². The molecule has 0 spiro atoms. The van der Waals surface area contributed by atoms with Crippen molar-refractivity contribution in [3.63, 3.8) is 0 Å². The Kier molecular flexibility index (Phi) is 5.92. The van der Waals surface area contributed by atoms with E-state index < -0.39 is 11.6 Å². The van der Waals surface area contributed by atoms with Gasteiger partial charge < -0.3 is 19.1 Å². The molecule has 1 N–H and O–H groups in total. The van der Waals surface area contributed by atoms with Gasteiger partial charge in [0.15, 0.2) is 5.60 Å². The van der Waals surface area contributed by atoms with Crippen LogP contribution in [0.1, 0.15) is 62.1 Å². The van der Waals surface area contributed by atoms with Crippen LogP contribution in [0, 0.1) is 0 Å². The molecule has 0 fully saturated rings. The van der Waals surface area contributed by atoms with Crippen LogP contribution in [0.3, 0.4) is 0 Å². The largest absolute Gasteiger partial charge is 0.496 e. The van der Waals surface area contributed by atoms with Crippen molar-refractivity contribution in [1.29, 1.82) is 0 Å². The molecule has 0 bridgehead atoms. The van der Waals surface area contributed by atoms with Crippen molar-refractivity contribution in [1.82, 2.24) is 9.55 Å². The number of unbranched alkanes of at least 4 members (excludes halogenated alkanes) is 2. The van der Waals surface area contributed by atoms with Crippen molar-refractivity contribution in [3.8, 4) is 17.1 Å². The predicted molar refractivity (Wildman–Crippen MR) is 129 cm³/mol. The number of Topliss-reactive ketones (excluding diaryl/α,β-unsaturated/α-hetero) is 1. The molecule has 2 aliphatic heterocycles. The summed E-state index contributed by atoms with van der Waals surface area (Å²) in [5.74, 6) is -0.153. The SMILES string of the molecule is CCCCCC(=O)CC[C@@]1(O)C(=O)OCc2c1cc1n(c2=O)Cc2cc3c(OC)cccc3nc2-1. The van der Waals surface area contributed by atoms with Crippen LogP contribution >= 0.6 is 0 Å². The summed E-state index contributed by atoms with van der Waals surface area (Å²) in [6, 6.07) is 9.21. The number of esters is 1. The molecule has 35 heavy (non-hydrogen) atoms. The lowest BCUT2D eigenvalue weighted by molar-refractivity contribution is -0.173. The Morgan fingerprint density at radius 3 is 2.83 bits per heavy atom. The van der Waals surface area contributed by atoms with E-state index in [-0.39, 0.29) is 41.9 Å². The molecule has 0 amide bonds. The van der Waals surface area contributed by atoms with Crippen LogP contribution in [-0.2, 0) is 33.1 Å². The number of rotatable bonds is 8. The molecular weight excluding hydrogens is 448 g/mol. The molecule has 5 rings (SSSR count). The number of pyridine rings is 2. The molecule has 8 heteroatoms. The van der Waals surface area contributed by atoms with Crippen LogP contribution in [0.4, 0.5) is 0 Å². The monoisotopic (exact) mass is 476 g/mol. The molecule has 1 atom stereocenters. The van der Waals surface area contributed by atoms with Crippen LogP contribution in [0.15, 0.2) is 35.1 Å². The number of carbonyl (C=O) groups is 2. The maximum atomic E-state index is 13.4. The van der Waals surface area contributed by atoms with Gasteiger partial charge in [-0.1, -0.05) is 25.8 Å². The number of cyclic esters (lactones) is 1. The number of hydrogen-bond donors (Lipinski definition) is 1. The average Bonchev–Trinajstić information content (AvgIpc) is 3.22. The number of ketones is 1. The molecule has 2 aromatic heterocycles. The number of benzene rings is 1. The van der Waals surface area contributed by atoms with E-state index in [1.165, 1.54) is 0 Å². The topological polar surface area (TPSA) is 108 Å². The minimum atomic E-state index is -2.05. The lowest BCUT2D eigenvalue weighted by Crippen LogP contribution is -2.45. The van der Waals surface area contributed by atoms with E-state index in [9.17, 15) is 19.5 Å². The van der Waals surface area contributed by atoms with Crippen LogP contribution in [0.2, 0.25) is 0 Å². The van der Waals surface area contributed by atoms with E-state index >= 15 is 0 Å². The van der Waals surface area contributed by atoms with Gasteiger partial charge >= 0.3 is 5.97 Å². The zero-order valence-electron chi connectivity index (χ0n) is 19.9. The van der Waals surface area contributed by atoms with Gasteiger partial charge in [-0.25, -0.2) is 9.78 Å². The van der Waals surface area contributed by atoms with Gasteiger partial charge in [0, 0.05) is 29.4 Å². The number of fused-ring (bicyclic) bond motifs is 5. The molecule has 3 aromatic rings. The molecule has 0 saturated carbocycles. The summed E-state index contributed by atoms with van der Waals surface area (Å²) in [6.45, 7) is 2.17. The summed E-state index contributed by atoms with van der Waals surface area (Å²) in [6.07, 6.45) is 3.06. The van der Waals surface area contributed by atoms with Crippen molar-refractivity contribution in [2.75, 3.05) is 7.11 Å². The van der Waals surface area contributed by atoms with Gasteiger partial charge in [0.2, 0.25) is 0 Å². The summed E-state index contributed by atoms with van der Waals surface area (Å²) in [4.78, 5) is 43.3. The number of hydrogen-bond acceptors (Lipinski definition) is 7. The van der Waals surface area contributed by atoms with Gasteiger partial charge in [-0.2, -0.15) is 0 Å². The van der Waals surface area contributed by atoms with Crippen LogP contribution in [0.5, 0.6) is 5.75 Å². The highest BCUT2D eigenvalue weighted by molar-refractivity contribution is 5.90. The standard InChI is InChI=1S/C27H28N2O6/c1-3-4-5-7-17(30)10-11-27(33)20-13-22-24-16(12-18-21(28-24)8-6-9-23(18)34-2)14-29(22)25(31)19(20)15-35-26(27)32/h6,8-9,12-13,33H,3-5,7,10-11,14-15H2,1-2H3/t27-/m0/s1. The molecular formula is C27H28N2O6. The highest BCUT2D eigenvalue weighted by Crippen LogP contribution is 2.40. The first-order chi connectivity index (χ1) is 16.9. The number of aliphatic hydroxyl groups is 1. The summed E-state index contributed by atoms with van der Waals surface area (Å²) in [5.41, 5.74) is 0.810. The second-order valence-corrected chi connectivity index (χ2v) is 9.27. The fourth-order valence-electron chi connectivity index (χ4n) is 5.07. The van der Waals surface area contributed by atoms with Crippen LogP contribution in [0.25, 0.3) is 22.3 Å². The molecule has 1 aromatic carbocycles. The lowest BCUT2D eigenvalue weighted by atomic mass is 9.83. The van der Waals surface area contributed by atoms with E-state index in [0.29, 0.717) is 35.6 Å². The molecule has 0 radical (unpaired) electrons. The number of methoxy groups -OCH3 is 1. The zero-order valence-corrected chi connectivity index (χ0v) is 19.9. The number of nitrogens with zero attached hydrogens (tertiary/aromatic N) is 2. The smallest absolute Gasteiger partial charge is 0.343 e. The first-order valence-electron chi connectivity index (χ1n) is 12.0. The molecule has 0 saturated heterocycles. The van der Waals surface area contributed by atoms with Crippen LogP contribution < -0.4 is 10.3 Å². The molecule has 0 aliphatic carbocycles. The van der Waals surface area contributed by atoms with E-state index in [0.717, 1.165) is 30.2 Å². The third-order valence-corrected chi connectivity index (χ3v) is 7.05. The zero-order chi connectivity index (χ0) is 24.7. The summed E-state index contributed by atoms with van der Waals surface area (Å²) in [7, 11) is 1.60. The molecule has 4 heterocycles. The molecule has 0 unspecified atom stereocenters. The normalized spacial score (nSPS) is 18.1. The molecule has 8 nitrogen and oxygen atoms in total. The first-order valence-corrected chi connectivity index (χ1v) is 12.0. The Hall–Kier alpha value is -3.52. The van der Waals surface area contributed by atoms with Crippen molar-refractivity contribution in [3.05, 3.63) is 57.4 Å². The Bertz CT molecular complexity index is 1410. The first kappa shape index (κ1) is 23.2. The average molecular weight is 477 g/mol. The van der Waals surface area contributed by atoms with E-state index in [4.69, 9.17) is 14.5 Å². The lowest BCUT2D eigenvalue weighted by Gasteiger charge is -2.32. The van der Waals surface area contributed by atoms with E-state index in [2.05, 4.69) is 6.92 Å². The minimum Gasteiger partial charge on any atom is -0.496 e. The van der Waals surface area contributed by atoms with Crippen molar-refractivity contribution >= 4 is 22.7 Å². The van der Waals surface area contributed by atoms with Gasteiger partial charge in [0.05, 0.1) is 36.1 Å². The Morgan fingerprint density at radius 1 is 1.23 bits per heavy atom. The quantitative estimate of drug-likeness (QED) is 0.306. The van der Waals surface area contributed by atoms with Gasteiger partial charge in [0.25, 0.3) is 5.56 Å². The number of ether oxygens (including phenoxy) is 2. The highest BCUT2D eigenvalue weighted by atomic mass is 16.6. The van der Waals surface area contributed by atoms with Gasteiger partial charge in [-0.05, 0) is 37.1 Å². The van der Waals surface area contributed by atoms with E-state index in [1.54, 1.807) is 17.7 Å². The fraction of sp³-hybridized carbons (Fsp3) is 0.407. The van der Waals surface area contributed by atoms with Crippen molar-refractivity contribution < 1.29 is 24.2 Å². The molecule has 182 valence electrons. The highest BCUT2D eigenvalue weighted by Gasteiger charge is 2.46. The maximum Gasteiger partial charge on any atom is 0.343 e. The third kappa shape index (κ3) is 3.82. The summed E-state index contributed by atoms with van der Waals surface area (Å²) in [5, 5.41) is 12.3. The third-order valence-electron chi connectivity index (χ3n) is 7.05. The van der Waals surface area contributed by atoms with E-state index in [1.807, 2.05) is 24.3 Å². The van der Waals surface area contributed by atoms with Crippen molar-refractivity contribution in [2.45, 2.75) is 64.2 Å². The molecule has 2 aliphatic rings. The Labute approximate surface area is 202 Å². The summed E-state index contributed by atoms with van der Waals surface area (Å²) >= 11 is 0. The van der Waals surface area contributed by atoms with Crippen molar-refractivity contribution in [2.24, 2.45) is 0 Å². The maximum absolute atomic E-state index is 13.4. The number of aromatic nitrogens is 2. The number of carbonyl (C=O) groups excluding carboxylic acids is 2. The summed E-state index contributed by atoms with van der Waals surface area (Å²) < 4.78 is 12.3. The Morgan fingerprint density at radius 2 is 2.06 bits per heavy atom. The minimum absolute atomic E-state index is 0.0166. The predicted octanol–water partition coefficient (Wildman–Crippen LogP) is 3.61. The second-order valence-electron chi connectivity index (χ2n) is 9.27. The van der Waals surface area contributed by atoms with Gasteiger partial charge in [-0.15, -0.1) is 0 Å². The second kappa shape index (κ2) is 8.92. The Balaban J connectivity index is 1.56. The van der Waals surface area contributed by atoms with Gasteiger partial charge in [-0.3, -0.25) is 9.59 Å².